The summed E-state index contributed by atoms with van der Waals surface area (Å²) in [4.78, 5) is 15.4. The molecule has 0 spiro atoms. The molecule has 0 amide bonds. The average molecular weight is 235 g/mol. The normalized spacial score (nSPS) is 9.71. The van der Waals surface area contributed by atoms with Crippen LogP contribution in [0.25, 0.3) is 0 Å². The fraction of sp³-hybridized carbons (Fsp3) is 0.385. The standard InChI is InChI=1S/C13H17NO3/c1-3-5-6-9-17-12-8-7-11(10-14-12)13(15)16-4-2/h3,7-8,10H,1,4-6,9H2,2H3. The number of unbranched alkanes of at least 4 members (excludes halogenated alkanes) is 1. The number of hydrogen-bond acceptors (Lipinski definition) is 4. The summed E-state index contributed by atoms with van der Waals surface area (Å²) in [6, 6.07) is 3.31. The molecule has 0 aromatic carbocycles. The van der Waals surface area contributed by atoms with E-state index in [1.807, 2.05) is 6.08 Å². The lowest BCUT2D eigenvalue weighted by molar-refractivity contribution is 0.0526. The van der Waals surface area contributed by atoms with Crippen molar-refractivity contribution in [2.45, 2.75) is 19.8 Å². The lowest BCUT2D eigenvalue weighted by atomic mass is 10.3. The van der Waals surface area contributed by atoms with E-state index in [1.165, 1.54) is 6.20 Å². The molecule has 0 saturated carbocycles. The van der Waals surface area contributed by atoms with Gasteiger partial charge in [-0.2, -0.15) is 0 Å². The summed E-state index contributed by atoms with van der Waals surface area (Å²) in [7, 11) is 0. The van der Waals surface area contributed by atoms with E-state index in [2.05, 4.69) is 11.6 Å². The van der Waals surface area contributed by atoms with Crippen LogP contribution in [0.3, 0.4) is 0 Å². The van der Waals surface area contributed by atoms with Crippen molar-refractivity contribution in [1.29, 1.82) is 0 Å². The van der Waals surface area contributed by atoms with Gasteiger partial charge in [0.25, 0.3) is 0 Å². The van der Waals surface area contributed by atoms with Gasteiger partial charge in [0.05, 0.1) is 18.8 Å². The van der Waals surface area contributed by atoms with Gasteiger partial charge < -0.3 is 9.47 Å². The Hall–Kier alpha value is -1.84. The van der Waals surface area contributed by atoms with Crippen LogP contribution in [0.5, 0.6) is 5.88 Å². The molecule has 0 fully saturated rings. The Morgan fingerprint density at radius 1 is 1.53 bits per heavy atom. The fourth-order valence-electron chi connectivity index (χ4n) is 1.21. The van der Waals surface area contributed by atoms with E-state index >= 15 is 0 Å². The number of carbonyl (C=O) groups is 1. The van der Waals surface area contributed by atoms with Gasteiger partial charge in [0.15, 0.2) is 0 Å². The van der Waals surface area contributed by atoms with Crippen molar-refractivity contribution in [3.8, 4) is 5.88 Å². The van der Waals surface area contributed by atoms with Crippen molar-refractivity contribution in [2.24, 2.45) is 0 Å². The lowest BCUT2D eigenvalue weighted by Gasteiger charge is -2.05. The van der Waals surface area contributed by atoms with Crippen LogP contribution in [0.4, 0.5) is 0 Å². The molecule has 0 atom stereocenters. The zero-order chi connectivity index (χ0) is 12.5. The maximum Gasteiger partial charge on any atom is 0.339 e. The van der Waals surface area contributed by atoms with Crippen LogP contribution in [0.1, 0.15) is 30.1 Å². The average Bonchev–Trinajstić information content (AvgIpc) is 2.36. The number of esters is 1. The third kappa shape index (κ3) is 4.68. The maximum atomic E-state index is 11.3. The zero-order valence-electron chi connectivity index (χ0n) is 10.0. The van der Waals surface area contributed by atoms with Gasteiger partial charge in [0.2, 0.25) is 5.88 Å². The van der Waals surface area contributed by atoms with Crippen LogP contribution in [0.2, 0.25) is 0 Å². The highest BCUT2D eigenvalue weighted by Crippen LogP contribution is 2.09. The first-order valence-electron chi connectivity index (χ1n) is 5.64. The predicted octanol–water partition coefficient (Wildman–Crippen LogP) is 2.60. The van der Waals surface area contributed by atoms with Gasteiger partial charge in [-0.3, -0.25) is 0 Å². The minimum atomic E-state index is -0.363. The van der Waals surface area contributed by atoms with Crippen LogP contribution in [-0.4, -0.2) is 24.2 Å². The summed E-state index contributed by atoms with van der Waals surface area (Å²) in [5.41, 5.74) is 0.435. The van der Waals surface area contributed by atoms with Gasteiger partial charge in [-0.15, -0.1) is 6.58 Å². The number of nitrogens with zero attached hydrogens (tertiary/aromatic N) is 1. The number of carbonyl (C=O) groups excluding carboxylic acids is 1. The molecule has 0 aliphatic rings. The topological polar surface area (TPSA) is 48.4 Å². The molecule has 17 heavy (non-hydrogen) atoms. The Morgan fingerprint density at radius 2 is 2.35 bits per heavy atom. The summed E-state index contributed by atoms with van der Waals surface area (Å²) >= 11 is 0. The van der Waals surface area contributed by atoms with E-state index in [4.69, 9.17) is 9.47 Å². The minimum Gasteiger partial charge on any atom is -0.478 e. The molecule has 0 unspecified atom stereocenters. The van der Waals surface area contributed by atoms with E-state index in [9.17, 15) is 4.79 Å². The number of aromatic nitrogens is 1. The van der Waals surface area contributed by atoms with Crippen LogP contribution >= 0.6 is 0 Å². The van der Waals surface area contributed by atoms with Gasteiger partial charge in [-0.1, -0.05) is 6.08 Å². The molecule has 4 heteroatoms. The first kappa shape index (κ1) is 13.2. The van der Waals surface area contributed by atoms with Crippen molar-refractivity contribution in [1.82, 2.24) is 4.98 Å². The first-order chi connectivity index (χ1) is 8.27. The molecule has 0 aliphatic heterocycles. The van der Waals surface area contributed by atoms with E-state index in [1.54, 1.807) is 19.1 Å². The quantitative estimate of drug-likeness (QED) is 0.414. The Balaban J connectivity index is 2.44. The molecular weight excluding hydrogens is 218 g/mol. The molecule has 1 heterocycles. The summed E-state index contributed by atoms with van der Waals surface area (Å²) in [5, 5.41) is 0. The predicted molar refractivity (Wildman–Crippen MR) is 65.1 cm³/mol. The molecular formula is C13H17NO3. The van der Waals surface area contributed by atoms with Crippen molar-refractivity contribution in [3.63, 3.8) is 0 Å². The highest BCUT2D eigenvalue weighted by Gasteiger charge is 2.06. The Bertz CT molecular complexity index is 359. The fourth-order valence-corrected chi connectivity index (χ4v) is 1.21. The number of pyridine rings is 1. The molecule has 4 nitrogen and oxygen atoms in total. The van der Waals surface area contributed by atoms with E-state index in [0.717, 1.165) is 12.8 Å². The van der Waals surface area contributed by atoms with Crippen LogP contribution in [0.15, 0.2) is 31.0 Å². The van der Waals surface area contributed by atoms with Gasteiger partial charge >= 0.3 is 5.97 Å². The van der Waals surface area contributed by atoms with Gasteiger partial charge in [-0.25, -0.2) is 9.78 Å². The molecule has 0 saturated heterocycles. The Morgan fingerprint density at radius 3 is 2.94 bits per heavy atom. The third-order valence-electron chi connectivity index (χ3n) is 2.05. The molecule has 0 aliphatic carbocycles. The summed E-state index contributed by atoms with van der Waals surface area (Å²) in [5.74, 6) is 0.153. The van der Waals surface area contributed by atoms with Crippen LogP contribution in [-0.2, 0) is 4.74 Å². The van der Waals surface area contributed by atoms with E-state index < -0.39 is 0 Å². The first-order valence-corrected chi connectivity index (χ1v) is 5.64. The Kier molecular flexibility index (Phi) is 5.79. The number of rotatable bonds is 7. The van der Waals surface area contributed by atoms with E-state index in [-0.39, 0.29) is 5.97 Å². The third-order valence-corrected chi connectivity index (χ3v) is 2.05. The van der Waals surface area contributed by atoms with Crippen LogP contribution < -0.4 is 4.74 Å². The Labute approximate surface area is 101 Å². The second kappa shape index (κ2) is 7.44. The minimum absolute atomic E-state index is 0.360. The van der Waals surface area contributed by atoms with Crippen molar-refractivity contribution >= 4 is 5.97 Å². The van der Waals surface area contributed by atoms with E-state index in [0.29, 0.717) is 24.7 Å². The maximum absolute atomic E-state index is 11.3. The summed E-state index contributed by atoms with van der Waals surface area (Å²) in [6.45, 7) is 6.35. The van der Waals surface area contributed by atoms with Crippen LogP contribution in [0, 0.1) is 0 Å². The SMILES string of the molecule is C=CCCCOc1ccc(C(=O)OCC)cn1. The molecule has 0 N–H and O–H groups in total. The number of allylic oxidation sites excluding steroid dienone is 1. The molecule has 1 aromatic heterocycles. The molecule has 92 valence electrons. The van der Waals surface area contributed by atoms with Gasteiger partial charge in [0.1, 0.15) is 0 Å². The summed E-state index contributed by atoms with van der Waals surface area (Å²) < 4.78 is 10.2. The second-order valence-corrected chi connectivity index (χ2v) is 3.38. The molecule has 0 radical (unpaired) electrons. The van der Waals surface area contributed by atoms with Crippen molar-refractivity contribution in [2.75, 3.05) is 13.2 Å². The highest BCUT2D eigenvalue weighted by molar-refractivity contribution is 5.89. The number of hydrogen-bond donors (Lipinski definition) is 0. The van der Waals surface area contributed by atoms with Gasteiger partial charge in [0, 0.05) is 12.3 Å². The monoisotopic (exact) mass is 235 g/mol. The highest BCUT2D eigenvalue weighted by atomic mass is 16.5. The smallest absolute Gasteiger partial charge is 0.339 e. The molecule has 1 rings (SSSR count). The zero-order valence-corrected chi connectivity index (χ0v) is 10.0. The van der Waals surface area contributed by atoms with Crippen molar-refractivity contribution in [3.05, 3.63) is 36.5 Å². The second-order valence-electron chi connectivity index (χ2n) is 3.38. The largest absolute Gasteiger partial charge is 0.478 e. The van der Waals surface area contributed by atoms with Crippen molar-refractivity contribution < 1.29 is 14.3 Å². The molecule has 0 bridgehead atoms. The van der Waals surface area contributed by atoms with Gasteiger partial charge in [-0.05, 0) is 25.8 Å². The lowest BCUT2D eigenvalue weighted by Crippen LogP contribution is -2.05. The number of ether oxygens (including phenoxy) is 2. The summed E-state index contributed by atoms with van der Waals surface area (Å²) in [6.07, 6.45) is 5.13. The molecule has 1 aromatic rings.